The highest BCUT2D eigenvalue weighted by Crippen LogP contribution is 2.37. The summed E-state index contributed by atoms with van der Waals surface area (Å²) in [6.07, 6.45) is 0. The molecule has 0 aliphatic carbocycles. The second-order valence-electron chi connectivity index (χ2n) is 7.10. The molecule has 1 heterocycles. The third-order valence-electron chi connectivity index (χ3n) is 5.12. The number of rotatable bonds is 5. The number of imide groups is 1. The second-order valence-corrected chi connectivity index (χ2v) is 7.53. The van der Waals surface area contributed by atoms with Crippen LogP contribution in [-0.2, 0) is 9.59 Å². The molecule has 0 fully saturated rings. The summed E-state index contributed by atoms with van der Waals surface area (Å²) in [4.78, 5) is 30.3. The normalized spacial score (nSPS) is 13.9. The van der Waals surface area contributed by atoms with E-state index in [0.717, 1.165) is 11.3 Å². The first kappa shape index (κ1) is 19.9. The SMILES string of the molecule is CCN(C1=C(c2ccc(C)cc2)C(=O)N(c2cccc(Cl)c2)C1=O)c1ccccc1. The van der Waals surface area contributed by atoms with E-state index >= 15 is 0 Å². The van der Waals surface area contributed by atoms with Crippen LogP contribution in [0.1, 0.15) is 18.1 Å². The van der Waals surface area contributed by atoms with Gasteiger partial charge in [-0.1, -0.05) is 65.7 Å². The van der Waals surface area contributed by atoms with E-state index in [1.165, 1.54) is 4.90 Å². The van der Waals surface area contributed by atoms with E-state index in [4.69, 9.17) is 11.6 Å². The van der Waals surface area contributed by atoms with Gasteiger partial charge in [-0.2, -0.15) is 0 Å². The molecule has 30 heavy (non-hydrogen) atoms. The number of aryl methyl sites for hydroxylation is 1. The highest BCUT2D eigenvalue weighted by Gasteiger charge is 2.42. The van der Waals surface area contributed by atoms with Crippen molar-refractivity contribution in [1.29, 1.82) is 0 Å². The number of hydrogen-bond donors (Lipinski definition) is 0. The Kier molecular flexibility index (Phi) is 5.42. The lowest BCUT2D eigenvalue weighted by atomic mass is 10.0. The van der Waals surface area contributed by atoms with Crippen molar-refractivity contribution in [1.82, 2.24) is 0 Å². The highest BCUT2D eigenvalue weighted by molar-refractivity contribution is 6.46. The van der Waals surface area contributed by atoms with Gasteiger partial charge < -0.3 is 4.90 Å². The molecule has 1 aliphatic rings. The van der Waals surface area contributed by atoms with Crippen molar-refractivity contribution in [3.63, 3.8) is 0 Å². The van der Waals surface area contributed by atoms with Gasteiger partial charge in [-0.15, -0.1) is 0 Å². The molecule has 0 radical (unpaired) electrons. The van der Waals surface area contributed by atoms with Crippen LogP contribution in [0, 0.1) is 6.92 Å². The Labute approximate surface area is 181 Å². The maximum Gasteiger partial charge on any atom is 0.282 e. The number of nitrogens with zero attached hydrogens (tertiary/aromatic N) is 2. The maximum absolute atomic E-state index is 13.6. The van der Waals surface area contributed by atoms with Crippen LogP contribution in [0.25, 0.3) is 5.57 Å². The largest absolute Gasteiger partial charge is 0.337 e. The number of carbonyl (C=O) groups is 2. The molecule has 0 saturated heterocycles. The molecule has 0 bridgehead atoms. The fourth-order valence-electron chi connectivity index (χ4n) is 3.68. The Morgan fingerprint density at radius 2 is 1.57 bits per heavy atom. The van der Waals surface area contributed by atoms with Gasteiger partial charge in [0.05, 0.1) is 11.3 Å². The summed E-state index contributed by atoms with van der Waals surface area (Å²) in [7, 11) is 0. The van der Waals surface area contributed by atoms with Gasteiger partial charge in [0, 0.05) is 17.3 Å². The summed E-state index contributed by atoms with van der Waals surface area (Å²) < 4.78 is 0. The Morgan fingerprint density at radius 3 is 2.20 bits per heavy atom. The molecule has 0 aromatic heterocycles. The van der Waals surface area contributed by atoms with Gasteiger partial charge in [-0.25, -0.2) is 4.90 Å². The summed E-state index contributed by atoms with van der Waals surface area (Å²) in [5.74, 6) is -0.709. The van der Waals surface area contributed by atoms with E-state index in [0.29, 0.717) is 34.1 Å². The lowest BCUT2D eigenvalue weighted by Crippen LogP contribution is -2.35. The maximum atomic E-state index is 13.6. The summed E-state index contributed by atoms with van der Waals surface area (Å²) in [5, 5.41) is 0.467. The Morgan fingerprint density at radius 1 is 0.867 bits per heavy atom. The fraction of sp³-hybridized carbons (Fsp3) is 0.120. The van der Waals surface area contributed by atoms with E-state index in [1.807, 2.05) is 73.3 Å². The lowest BCUT2D eigenvalue weighted by Gasteiger charge is -2.25. The monoisotopic (exact) mass is 416 g/mol. The van der Waals surface area contributed by atoms with Crippen molar-refractivity contribution in [2.45, 2.75) is 13.8 Å². The quantitative estimate of drug-likeness (QED) is 0.518. The van der Waals surface area contributed by atoms with E-state index in [1.54, 1.807) is 24.3 Å². The fourth-order valence-corrected chi connectivity index (χ4v) is 3.86. The van der Waals surface area contributed by atoms with Gasteiger partial charge in [-0.05, 0) is 49.7 Å². The molecule has 2 amide bonds. The Balaban J connectivity index is 1.91. The highest BCUT2D eigenvalue weighted by atomic mass is 35.5. The first-order valence-electron chi connectivity index (χ1n) is 9.79. The predicted molar refractivity (Wildman–Crippen MR) is 122 cm³/mol. The van der Waals surface area contributed by atoms with Crippen LogP contribution in [0.5, 0.6) is 0 Å². The molecule has 5 heteroatoms. The summed E-state index contributed by atoms with van der Waals surface area (Å²) in [6, 6.07) is 24.1. The van der Waals surface area contributed by atoms with Crippen molar-refractivity contribution < 1.29 is 9.59 Å². The zero-order valence-electron chi connectivity index (χ0n) is 16.8. The number of hydrogen-bond acceptors (Lipinski definition) is 3. The minimum Gasteiger partial charge on any atom is -0.337 e. The topological polar surface area (TPSA) is 40.6 Å². The van der Waals surface area contributed by atoms with Gasteiger partial charge >= 0.3 is 0 Å². The van der Waals surface area contributed by atoms with Crippen LogP contribution < -0.4 is 9.80 Å². The van der Waals surface area contributed by atoms with Gasteiger partial charge in [-0.3, -0.25) is 9.59 Å². The molecule has 150 valence electrons. The Hall–Kier alpha value is -3.37. The number of halogens is 1. The average molecular weight is 417 g/mol. The van der Waals surface area contributed by atoms with E-state index in [9.17, 15) is 9.59 Å². The number of carbonyl (C=O) groups excluding carboxylic acids is 2. The third-order valence-corrected chi connectivity index (χ3v) is 5.36. The van der Waals surface area contributed by atoms with Gasteiger partial charge in [0.2, 0.25) is 0 Å². The number of benzene rings is 3. The van der Waals surface area contributed by atoms with Crippen LogP contribution in [0.15, 0.2) is 84.6 Å². The molecule has 0 unspecified atom stereocenters. The van der Waals surface area contributed by atoms with Crippen molar-refractivity contribution in [2.24, 2.45) is 0 Å². The van der Waals surface area contributed by atoms with Crippen molar-refractivity contribution in [3.05, 3.63) is 101 Å². The number of para-hydroxylation sites is 1. The molecule has 1 aliphatic heterocycles. The van der Waals surface area contributed by atoms with Crippen LogP contribution in [0.2, 0.25) is 5.02 Å². The zero-order valence-corrected chi connectivity index (χ0v) is 17.6. The number of likely N-dealkylation sites (N-methyl/N-ethyl adjacent to an activating group) is 1. The van der Waals surface area contributed by atoms with Crippen LogP contribution >= 0.6 is 11.6 Å². The molecule has 4 rings (SSSR count). The summed E-state index contributed by atoms with van der Waals surface area (Å²) in [6.45, 7) is 4.49. The van der Waals surface area contributed by atoms with Crippen molar-refractivity contribution in [2.75, 3.05) is 16.3 Å². The lowest BCUT2D eigenvalue weighted by molar-refractivity contribution is -0.120. The molecule has 0 N–H and O–H groups in total. The molecule has 3 aromatic carbocycles. The van der Waals surface area contributed by atoms with E-state index < -0.39 is 0 Å². The van der Waals surface area contributed by atoms with Crippen molar-refractivity contribution >= 4 is 40.4 Å². The third kappa shape index (κ3) is 3.51. The molecule has 0 saturated carbocycles. The van der Waals surface area contributed by atoms with Gasteiger partial charge in [0.15, 0.2) is 0 Å². The molecular formula is C25H21ClN2O2. The predicted octanol–water partition coefficient (Wildman–Crippen LogP) is 5.46. The first-order chi connectivity index (χ1) is 14.5. The zero-order chi connectivity index (χ0) is 21.3. The molecule has 4 nitrogen and oxygen atoms in total. The average Bonchev–Trinajstić information content (AvgIpc) is 3.00. The number of amides is 2. The summed E-state index contributed by atoms with van der Waals surface area (Å²) in [5.41, 5.74) is 3.88. The van der Waals surface area contributed by atoms with Crippen LogP contribution in [0.4, 0.5) is 11.4 Å². The van der Waals surface area contributed by atoms with Crippen molar-refractivity contribution in [3.8, 4) is 0 Å². The van der Waals surface area contributed by atoms with E-state index in [-0.39, 0.29) is 11.8 Å². The first-order valence-corrected chi connectivity index (χ1v) is 10.2. The molecule has 0 atom stereocenters. The Bertz CT molecular complexity index is 1140. The standard InChI is InChI=1S/C25H21ClN2O2/c1-3-27(20-9-5-4-6-10-20)23-22(18-14-12-17(2)13-15-18)24(29)28(25(23)30)21-11-7-8-19(26)16-21/h4-16H,3H2,1-2H3. The molecule has 0 spiro atoms. The minimum absolute atomic E-state index is 0.351. The molecular weight excluding hydrogens is 396 g/mol. The van der Waals surface area contributed by atoms with Crippen LogP contribution in [-0.4, -0.2) is 18.4 Å². The van der Waals surface area contributed by atoms with Gasteiger partial charge in [0.25, 0.3) is 11.8 Å². The van der Waals surface area contributed by atoms with Gasteiger partial charge in [0.1, 0.15) is 5.70 Å². The summed E-state index contributed by atoms with van der Waals surface area (Å²) >= 11 is 6.14. The second kappa shape index (κ2) is 8.17. The number of anilines is 2. The smallest absolute Gasteiger partial charge is 0.282 e. The van der Waals surface area contributed by atoms with E-state index in [2.05, 4.69) is 0 Å². The molecule has 3 aromatic rings. The van der Waals surface area contributed by atoms with Crippen LogP contribution in [0.3, 0.4) is 0 Å². The minimum atomic E-state index is -0.358.